The van der Waals surface area contributed by atoms with E-state index in [0.29, 0.717) is 30.8 Å². The number of carbonyl (C=O) groups excluding carboxylic acids is 1. The number of nitrogens with one attached hydrogen (secondary N) is 1. The second kappa shape index (κ2) is 7.92. The Bertz CT molecular complexity index is 1380. The van der Waals surface area contributed by atoms with Gasteiger partial charge in [0, 0.05) is 29.0 Å². The summed E-state index contributed by atoms with van der Waals surface area (Å²) in [4.78, 5) is 12.8. The molecule has 1 aliphatic rings. The third kappa shape index (κ3) is 3.87. The molecule has 0 spiro atoms. The fourth-order valence-electron chi connectivity index (χ4n) is 3.85. The lowest BCUT2D eigenvalue weighted by atomic mass is 10.0. The van der Waals surface area contributed by atoms with Gasteiger partial charge in [0.25, 0.3) is 5.91 Å². The second-order valence-electron chi connectivity index (χ2n) is 7.51. The van der Waals surface area contributed by atoms with Gasteiger partial charge in [-0.25, -0.2) is 8.42 Å². The van der Waals surface area contributed by atoms with Crippen molar-refractivity contribution in [2.45, 2.75) is 17.9 Å². The van der Waals surface area contributed by atoms with Gasteiger partial charge >= 0.3 is 0 Å². The van der Waals surface area contributed by atoms with Crippen LogP contribution < -0.4 is 5.32 Å². The molecule has 1 amide bonds. The van der Waals surface area contributed by atoms with Gasteiger partial charge < -0.3 is 5.32 Å². The van der Waals surface area contributed by atoms with E-state index in [2.05, 4.69) is 5.32 Å². The minimum atomic E-state index is -3.62. The Hall–Kier alpha value is -3.00. The summed E-state index contributed by atoms with van der Waals surface area (Å²) in [6.45, 7) is 0.818. The van der Waals surface area contributed by atoms with E-state index in [0.717, 1.165) is 15.6 Å². The molecule has 0 unspecified atom stereocenters. The highest BCUT2D eigenvalue weighted by Gasteiger charge is 2.28. The Balaban J connectivity index is 1.32. The lowest BCUT2D eigenvalue weighted by molar-refractivity contribution is 0.102. The molecule has 31 heavy (non-hydrogen) atoms. The zero-order valence-corrected chi connectivity index (χ0v) is 18.2. The first-order chi connectivity index (χ1) is 15.0. The van der Waals surface area contributed by atoms with Crippen molar-refractivity contribution in [3.05, 3.63) is 94.9 Å². The number of benzene rings is 3. The Morgan fingerprint density at radius 1 is 0.935 bits per heavy atom. The average molecular weight is 449 g/mol. The van der Waals surface area contributed by atoms with Crippen molar-refractivity contribution in [2.24, 2.45) is 0 Å². The minimum absolute atomic E-state index is 0.197. The molecule has 0 aliphatic carbocycles. The molecule has 0 saturated heterocycles. The summed E-state index contributed by atoms with van der Waals surface area (Å²) in [5.74, 6) is -0.273. The van der Waals surface area contributed by atoms with Gasteiger partial charge in [0.2, 0.25) is 10.0 Å². The summed E-state index contributed by atoms with van der Waals surface area (Å²) < 4.78 is 28.8. The first-order valence-electron chi connectivity index (χ1n) is 9.96. The normalized spacial score (nSPS) is 14.3. The van der Waals surface area contributed by atoms with Crippen LogP contribution in [0.15, 0.2) is 83.1 Å². The predicted octanol–water partition coefficient (Wildman–Crippen LogP) is 4.90. The Labute approximate surface area is 185 Å². The molecule has 1 aromatic heterocycles. The van der Waals surface area contributed by atoms with Gasteiger partial charge in [-0.2, -0.15) is 4.31 Å². The van der Waals surface area contributed by atoms with Crippen LogP contribution in [0.5, 0.6) is 0 Å². The number of carbonyl (C=O) groups is 1. The topological polar surface area (TPSA) is 66.5 Å². The number of fused-ring (bicyclic) bond motifs is 2. The standard InChI is InChI=1S/C24H20N2O3S2/c27-24(25-21-7-10-23-19(15-21)12-14-30-23)18-5-8-22(9-6-18)31(28,29)26-13-11-17-3-1-2-4-20(17)16-26/h1-10,12,14-15H,11,13,16H2,(H,25,27). The summed E-state index contributed by atoms with van der Waals surface area (Å²) in [5.41, 5.74) is 3.35. The molecule has 156 valence electrons. The molecular formula is C24H20N2O3S2. The van der Waals surface area contributed by atoms with E-state index in [-0.39, 0.29) is 10.8 Å². The minimum Gasteiger partial charge on any atom is -0.322 e. The van der Waals surface area contributed by atoms with E-state index >= 15 is 0 Å². The van der Waals surface area contributed by atoms with Crippen LogP contribution in [0, 0.1) is 0 Å². The smallest absolute Gasteiger partial charge is 0.255 e. The Morgan fingerprint density at radius 3 is 2.52 bits per heavy atom. The summed E-state index contributed by atoms with van der Waals surface area (Å²) in [7, 11) is -3.62. The molecular weight excluding hydrogens is 428 g/mol. The van der Waals surface area contributed by atoms with Gasteiger partial charge in [-0.15, -0.1) is 11.3 Å². The van der Waals surface area contributed by atoms with Crippen LogP contribution in [0.2, 0.25) is 0 Å². The average Bonchev–Trinajstić information content (AvgIpc) is 3.27. The highest BCUT2D eigenvalue weighted by Crippen LogP contribution is 2.26. The van der Waals surface area contributed by atoms with Crippen molar-refractivity contribution >= 4 is 43.0 Å². The number of sulfonamides is 1. The van der Waals surface area contributed by atoms with Crippen molar-refractivity contribution < 1.29 is 13.2 Å². The quantitative estimate of drug-likeness (QED) is 0.483. The van der Waals surface area contributed by atoms with Gasteiger partial charge in [-0.1, -0.05) is 24.3 Å². The number of hydrogen-bond donors (Lipinski definition) is 1. The summed E-state index contributed by atoms with van der Waals surface area (Å²) in [5, 5.41) is 5.97. The molecule has 4 aromatic rings. The van der Waals surface area contributed by atoms with E-state index in [1.54, 1.807) is 23.5 Å². The molecule has 0 saturated carbocycles. The SMILES string of the molecule is O=C(Nc1ccc2sccc2c1)c1ccc(S(=O)(=O)N2CCc3ccccc3C2)cc1. The monoisotopic (exact) mass is 448 g/mol. The van der Waals surface area contributed by atoms with Crippen molar-refractivity contribution in [3.8, 4) is 0 Å². The molecule has 5 nitrogen and oxygen atoms in total. The van der Waals surface area contributed by atoms with Crippen LogP contribution in [0.3, 0.4) is 0 Å². The molecule has 1 aliphatic heterocycles. The van der Waals surface area contributed by atoms with Gasteiger partial charge in [-0.05, 0) is 76.8 Å². The number of anilines is 1. The molecule has 0 bridgehead atoms. The van der Waals surface area contributed by atoms with E-state index in [4.69, 9.17) is 0 Å². The summed E-state index contributed by atoms with van der Waals surface area (Å²) in [6.07, 6.45) is 0.699. The number of rotatable bonds is 4. The molecule has 7 heteroatoms. The van der Waals surface area contributed by atoms with Crippen LogP contribution in [0.4, 0.5) is 5.69 Å². The fourth-order valence-corrected chi connectivity index (χ4v) is 6.04. The number of amides is 1. The van der Waals surface area contributed by atoms with Crippen molar-refractivity contribution in [1.29, 1.82) is 0 Å². The maximum atomic E-state index is 13.1. The fraction of sp³-hybridized carbons (Fsp3) is 0.125. The molecule has 0 radical (unpaired) electrons. The van der Waals surface area contributed by atoms with Crippen LogP contribution >= 0.6 is 11.3 Å². The van der Waals surface area contributed by atoms with Crippen molar-refractivity contribution in [3.63, 3.8) is 0 Å². The molecule has 5 rings (SSSR count). The largest absolute Gasteiger partial charge is 0.322 e. The highest BCUT2D eigenvalue weighted by atomic mass is 32.2. The highest BCUT2D eigenvalue weighted by molar-refractivity contribution is 7.89. The lowest BCUT2D eigenvalue weighted by Gasteiger charge is -2.28. The van der Waals surface area contributed by atoms with Crippen LogP contribution in [0.1, 0.15) is 21.5 Å². The van der Waals surface area contributed by atoms with Crippen molar-refractivity contribution in [1.82, 2.24) is 4.31 Å². The third-order valence-corrected chi connectivity index (χ3v) is 8.32. The molecule has 0 atom stereocenters. The second-order valence-corrected chi connectivity index (χ2v) is 10.4. The van der Waals surface area contributed by atoms with Crippen molar-refractivity contribution in [2.75, 3.05) is 11.9 Å². The maximum Gasteiger partial charge on any atom is 0.255 e. The zero-order valence-electron chi connectivity index (χ0n) is 16.6. The Morgan fingerprint density at radius 2 is 1.71 bits per heavy atom. The van der Waals surface area contributed by atoms with Crippen LogP contribution in [0.25, 0.3) is 10.1 Å². The van der Waals surface area contributed by atoms with Gasteiger partial charge in [-0.3, -0.25) is 4.79 Å². The van der Waals surface area contributed by atoms with E-state index < -0.39 is 10.0 Å². The zero-order chi connectivity index (χ0) is 21.4. The van der Waals surface area contributed by atoms with E-state index in [1.807, 2.05) is 53.9 Å². The van der Waals surface area contributed by atoms with Gasteiger partial charge in [0.15, 0.2) is 0 Å². The van der Waals surface area contributed by atoms with Gasteiger partial charge in [0.1, 0.15) is 0 Å². The third-order valence-electron chi connectivity index (χ3n) is 5.56. The van der Waals surface area contributed by atoms with E-state index in [1.165, 1.54) is 22.0 Å². The summed E-state index contributed by atoms with van der Waals surface area (Å²) in [6, 6.07) is 21.8. The predicted molar refractivity (Wildman–Crippen MR) is 124 cm³/mol. The van der Waals surface area contributed by atoms with E-state index in [9.17, 15) is 13.2 Å². The summed E-state index contributed by atoms with van der Waals surface area (Å²) >= 11 is 1.65. The number of thiophene rings is 1. The first-order valence-corrected chi connectivity index (χ1v) is 12.3. The molecule has 0 fully saturated rings. The van der Waals surface area contributed by atoms with Crippen LogP contribution in [-0.2, 0) is 23.0 Å². The molecule has 3 aromatic carbocycles. The number of nitrogens with zero attached hydrogens (tertiary/aromatic N) is 1. The first kappa shape index (κ1) is 19.9. The van der Waals surface area contributed by atoms with Crippen LogP contribution in [-0.4, -0.2) is 25.2 Å². The number of hydrogen-bond acceptors (Lipinski definition) is 4. The molecule has 2 heterocycles. The van der Waals surface area contributed by atoms with Gasteiger partial charge in [0.05, 0.1) is 4.90 Å². The molecule has 1 N–H and O–H groups in total. The Kier molecular flexibility index (Phi) is 5.09. The lowest BCUT2D eigenvalue weighted by Crippen LogP contribution is -2.35. The maximum absolute atomic E-state index is 13.1.